The number of fused-ring (bicyclic) bond motifs is 1. The maximum atomic E-state index is 11.2. The summed E-state index contributed by atoms with van der Waals surface area (Å²) >= 11 is 0. The van der Waals surface area contributed by atoms with Gasteiger partial charge in [-0.1, -0.05) is 0 Å². The fourth-order valence-corrected chi connectivity index (χ4v) is 1.56. The van der Waals surface area contributed by atoms with Crippen LogP contribution in [0, 0.1) is 0 Å². The van der Waals surface area contributed by atoms with Gasteiger partial charge in [0.1, 0.15) is 11.5 Å². The van der Waals surface area contributed by atoms with Crippen LogP contribution in [0.3, 0.4) is 0 Å². The lowest BCUT2D eigenvalue weighted by Gasteiger charge is -2.22. The summed E-state index contributed by atoms with van der Waals surface area (Å²) in [6, 6.07) is 5.23. The summed E-state index contributed by atoms with van der Waals surface area (Å²) in [7, 11) is 1.55. The van der Waals surface area contributed by atoms with E-state index in [9.17, 15) is 9.90 Å². The minimum Gasteiger partial charge on any atom is -0.497 e. The standard InChI is InChI=1S/C12H12O4/c1-7(13)10-5-8-3-4-9(15-2)6-11(8)16-12(10)14/h3-6,12,14H,1-2H3. The number of carbonyl (C=O) groups is 1. The lowest BCUT2D eigenvalue weighted by molar-refractivity contribution is -0.116. The van der Waals surface area contributed by atoms with Crippen LogP contribution < -0.4 is 9.47 Å². The summed E-state index contributed by atoms with van der Waals surface area (Å²) in [6.45, 7) is 1.40. The van der Waals surface area contributed by atoms with Gasteiger partial charge < -0.3 is 14.6 Å². The van der Waals surface area contributed by atoms with Crippen molar-refractivity contribution < 1.29 is 19.4 Å². The van der Waals surface area contributed by atoms with E-state index in [1.54, 1.807) is 31.4 Å². The third-order valence-corrected chi connectivity index (χ3v) is 2.44. The van der Waals surface area contributed by atoms with Crippen molar-refractivity contribution in [3.05, 3.63) is 29.3 Å². The van der Waals surface area contributed by atoms with Gasteiger partial charge in [0, 0.05) is 11.6 Å². The minimum atomic E-state index is -1.20. The highest BCUT2D eigenvalue weighted by Crippen LogP contribution is 2.32. The first-order valence-corrected chi connectivity index (χ1v) is 4.87. The van der Waals surface area contributed by atoms with Gasteiger partial charge in [-0.25, -0.2) is 0 Å². The van der Waals surface area contributed by atoms with Crippen molar-refractivity contribution in [3.63, 3.8) is 0 Å². The highest BCUT2D eigenvalue weighted by molar-refractivity contribution is 5.99. The van der Waals surface area contributed by atoms with Crippen LogP contribution >= 0.6 is 0 Å². The average molecular weight is 220 g/mol. The second-order valence-electron chi connectivity index (χ2n) is 3.53. The van der Waals surface area contributed by atoms with Crippen LogP contribution in [0.25, 0.3) is 6.08 Å². The Balaban J connectivity index is 2.45. The lowest BCUT2D eigenvalue weighted by Crippen LogP contribution is -2.25. The van der Waals surface area contributed by atoms with Gasteiger partial charge in [0.2, 0.25) is 6.29 Å². The predicted molar refractivity (Wildman–Crippen MR) is 58.3 cm³/mol. The van der Waals surface area contributed by atoms with Crippen LogP contribution in [0.4, 0.5) is 0 Å². The smallest absolute Gasteiger partial charge is 0.227 e. The van der Waals surface area contributed by atoms with Crippen molar-refractivity contribution in [2.75, 3.05) is 7.11 Å². The average Bonchev–Trinajstić information content (AvgIpc) is 2.27. The highest BCUT2D eigenvalue weighted by atomic mass is 16.6. The van der Waals surface area contributed by atoms with Crippen LogP contribution in [-0.2, 0) is 4.79 Å². The van der Waals surface area contributed by atoms with Gasteiger partial charge in [-0.05, 0) is 25.1 Å². The van der Waals surface area contributed by atoms with Crippen LogP contribution in [0.5, 0.6) is 11.5 Å². The van der Waals surface area contributed by atoms with E-state index in [1.807, 2.05) is 0 Å². The molecule has 84 valence electrons. The summed E-state index contributed by atoms with van der Waals surface area (Å²) in [5, 5.41) is 9.60. The van der Waals surface area contributed by atoms with Gasteiger partial charge in [0.05, 0.1) is 12.7 Å². The molecule has 0 bridgehead atoms. The normalized spacial score (nSPS) is 18.2. The Morgan fingerprint density at radius 3 is 2.88 bits per heavy atom. The molecule has 0 aromatic heterocycles. The molecule has 2 rings (SSSR count). The Labute approximate surface area is 93.1 Å². The molecule has 0 spiro atoms. The highest BCUT2D eigenvalue weighted by Gasteiger charge is 2.23. The molecule has 1 aliphatic heterocycles. The number of carbonyl (C=O) groups excluding carboxylic acids is 1. The van der Waals surface area contributed by atoms with Crippen molar-refractivity contribution in [2.45, 2.75) is 13.2 Å². The SMILES string of the molecule is COc1ccc2c(c1)OC(O)C(C(C)=O)=C2. The van der Waals surface area contributed by atoms with Crippen LogP contribution in [0.2, 0.25) is 0 Å². The van der Waals surface area contributed by atoms with E-state index in [0.29, 0.717) is 11.5 Å². The summed E-state index contributed by atoms with van der Waals surface area (Å²) in [4.78, 5) is 11.2. The quantitative estimate of drug-likeness (QED) is 0.818. The van der Waals surface area contributed by atoms with Crippen LogP contribution in [-0.4, -0.2) is 24.3 Å². The molecule has 4 heteroatoms. The van der Waals surface area contributed by atoms with Crippen molar-refractivity contribution >= 4 is 11.9 Å². The molecule has 0 radical (unpaired) electrons. The molecule has 1 N–H and O–H groups in total. The van der Waals surface area contributed by atoms with E-state index in [4.69, 9.17) is 9.47 Å². The molecule has 1 aromatic rings. The number of aliphatic hydroxyl groups is 1. The Kier molecular flexibility index (Phi) is 2.66. The molecule has 0 fully saturated rings. The lowest BCUT2D eigenvalue weighted by atomic mass is 10.0. The van der Waals surface area contributed by atoms with E-state index >= 15 is 0 Å². The first-order valence-electron chi connectivity index (χ1n) is 4.87. The molecule has 4 nitrogen and oxygen atoms in total. The molecule has 1 aliphatic rings. The zero-order valence-corrected chi connectivity index (χ0v) is 9.06. The third kappa shape index (κ3) is 1.79. The van der Waals surface area contributed by atoms with Crippen molar-refractivity contribution in [1.29, 1.82) is 0 Å². The number of rotatable bonds is 2. The maximum absolute atomic E-state index is 11.2. The zero-order valence-electron chi connectivity index (χ0n) is 9.06. The maximum Gasteiger partial charge on any atom is 0.227 e. The van der Waals surface area contributed by atoms with E-state index < -0.39 is 6.29 Å². The van der Waals surface area contributed by atoms with E-state index in [0.717, 1.165) is 5.56 Å². The van der Waals surface area contributed by atoms with Gasteiger partial charge >= 0.3 is 0 Å². The number of ether oxygens (including phenoxy) is 2. The molecule has 1 atom stereocenters. The number of hydrogen-bond acceptors (Lipinski definition) is 4. The molecule has 1 heterocycles. The van der Waals surface area contributed by atoms with Crippen LogP contribution in [0.15, 0.2) is 23.8 Å². The van der Waals surface area contributed by atoms with Gasteiger partial charge in [-0.15, -0.1) is 0 Å². The molecule has 1 unspecified atom stereocenters. The van der Waals surface area contributed by atoms with Gasteiger partial charge in [-0.3, -0.25) is 4.79 Å². The van der Waals surface area contributed by atoms with Crippen molar-refractivity contribution in [1.82, 2.24) is 0 Å². The zero-order chi connectivity index (χ0) is 11.7. The predicted octanol–water partition coefficient (Wildman–Crippen LogP) is 1.38. The Hall–Kier alpha value is -1.81. The van der Waals surface area contributed by atoms with Gasteiger partial charge in [0.25, 0.3) is 0 Å². The van der Waals surface area contributed by atoms with Crippen molar-refractivity contribution in [3.8, 4) is 11.5 Å². The van der Waals surface area contributed by atoms with E-state index in [1.165, 1.54) is 6.92 Å². The summed E-state index contributed by atoms with van der Waals surface area (Å²) in [5.74, 6) is 0.955. The Morgan fingerprint density at radius 2 is 2.25 bits per heavy atom. The molecular weight excluding hydrogens is 208 g/mol. The molecule has 0 aliphatic carbocycles. The number of benzene rings is 1. The molecule has 0 saturated carbocycles. The number of hydrogen-bond donors (Lipinski definition) is 1. The van der Waals surface area contributed by atoms with E-state index in [2.05, 4.69) is 0 Å². The molecule has 1 aromatic carbocycles. The second kappa shape index (κ2) is 3.98. The molecular formula is C12H12O4. The van der Waals surface area contributed by atoms with Gasteiger partial charge in [-0.2, -0.15) is 0 Å². The minimum absolute atomic E-state index is 0.200. The topological polar surface area (TPSA) is 55.8 Å². The van der Waals surface area contributed by atoms with Crippen molar-refractivity contribution in [2.24, 2.45) is 0 Å². The number of Topliss-reactive ketones (excluding diaryl/α,β-unsaturated/α-hetero) is 1. The largest absolute Gasteiger partial charge is 0.497 e. The first kappa shape index (κ1) is 10.7. The summed E-state index contributed by atoms with van der Waals surface area (Å²) in [5.41, 5.74) is 1.02. The van der Waals surface area contributed by atoms with E-state index in [-0.39, 0.29) is 11.4 Å². The Bertz CT molecular complexity index is 462. The molecule has 0 amide bonds. The van der Waals surface area contributed by atoms with Crippen LogP contribution in [0.1, 0.15) is 12.5 Å². The Morgan fingerprint density at radius 1 is 1.50 bits per heavy atom. The fraction of sp³-hybridized carbons (Fsp3) is 0.250. The number of ketones is 1. The number of methoxy groups -OCH3 is 1. The fourth-order valence-electron chi connectivity index (χ4n) is 1.56. The molecule has 0 saturated heterocycles. The first-order chi connectivity index (χ1) is 7.61. The van der Waals surface area contributed by atoms with Gasteiger partial charge in [0.15, 0.2) is 5.78 Å². The monoisotopic (exact) mass is 220 g/mol. The molecule has 16 heavy (non-hydrogen) atoms. The number of aliphatic hydroxyl groups excluding tert-OH is 1. The third-order valence-electron chi connectivity index (χ3n) is 2.44. The summed E-state index contributed by atoms with van der Waals surface area (Å²) in [6.07, 6.45) is 0.433. The summed E-state index contributed by atoms with van der Waals surface area (Å²) < 4.78 is 10.3. The second-order valence-corrected chi connectivity index (χ2v) is 3.53.